The van der Waals surface area contributed by atoms with E-state index in [1.807, 2.05) is 0 Å². The Morgan fingerprint density at radius 2 is 1.79 bits per heavy atom. The molecule has 0 spiro atoms. The fourth-order valence-electron chi connectivity index (χ4n) is 1.99. The molecule has 0 N–H and O–H groups in total. The summed E-state index contributed by atoms with van der Waals surface area (Å²) in [6.07, 6.45) is 1.44. The number of nitro groups is 1. The van der Waals surface area contributed by atoms with Crippen molar-refractivity contribution in [1.82, 2.24) is 14.9 Å². The van der Waals surface area contributed by atoms with Crippen molar-refractivity contribution < 1.29 is 14.5 Å². The molecule has 1 aromatic heterocycles. The molecule has 0 aliphatic heterocycles. The third-order valence-corrected chi connectivity index (χ3v) is 2.99. The van der Waals surface area contributed by atoms with Gasteiger partial charge in [0, 0.05) is 17.7 Å². The number of hydrogen-bond donors (Lipinski definition) is 0. The van der Waals surface area contributed by atoms with Crippen LogP contribution in [0.25, 0.3) is 0 Å². The summed E-state index contributed by atoms with van der Waals surface area (Å²) in [5.41, 5.74) is 0.441. The van der Waals surface area contributed by atoms with Crippen LogP contribution in [0.3, 0.4) is 0 Å². The molecule has 0 atom stereocenters. The Labute approximate surface area is 137 Å². The number of benzene rings is 1. The molecule has 0 amide bonds. The quantitative estimate of drug-likeness (QED) is 0.429. The third-order valence-electron chi connectivity index (χ3n) is 2.99. The van der Waals surface area contributed by atoms with E-state index in [9.17, 15) is 19.7 Å². The molecular formula is C15H15N5O4. The van der Waals surface area contributed by atoms with Gasteiger partial charge in [-0.25, -0.2) is 4.68 Å². The Hall–Kier alpha value is -3.23. The highest BCUT2D eigenvalue weighted by molar-refractivity contribution is 5.81. The fraction of sp³-hybridized carbons (Fsp3) is 0.267. The van der Waals surface area contributed by atoms with E-state index < -0.39 is 4.92 Å². The van der Waals surface area contributed by atoms with E-state index in [2.05, 4.69) is 15.3 Å². The van der Waals surface area contributed by atoms with E-state index in [0.717, 1.165) is 0 Å². The maximum absolute atomic E-state index is 11.3. The summed E-state index contributed by atoms with van der Waals surface area (Å²) >= 11 is 0. The van der Waals surface area contributed by atoms with Crippen molar-refractivity contribution in [2.75, 3.05) is 0 Å². The van der Waals surface area contributed by atoms with Gasteiger partial charge in [-0.2, -0.15) is 5.10 Å². The highest BCUT2D eigenvalue weighted by Crippen LogP contribution is 2.12. The summed E-state index contributed by atoms with van der Waals surface area (Å²) in [5, 5.41) is 22.8. The van der Waals surface area contributed by atoms with Crippen molar-refractivity contribution in [2.45, 2.75) is 26.7 Å². The van der Waals surface area contributed by atoms with Gasteiger partial charge in [-0.1, -0.05) is 12.1 Å². The lowest BCUT2D eigenvalue weighted by molar-refractivity contribution is -0.384. The van der Waals surface area contributed by atoms with Gasteiger partial charge in [0.15, 0.2) is 11.6 Å². The molecule has 0 aliphatic rings. The number of aromatic nitrogens is 3. The molecule has 1 heterocycles. The first-order chi connectivity index (χ1) is 11.4. The summed E-state index contributed by atoms with van der Waals surface area (Å²) in [6.45, 7) is 2.82. The maximum atomic E-state index is 11.3. The molecule has 0 radical (unpaired) electrons. The maximum Gasteiger partial charge on any atom is 0.270 e. The number of ketones is 2. The number of rotatable bonds is 7. The smallest absolute Gasteiger partial charge is 0.270 e. The molecule has 9 nitrogen and oxygen atoms in total. The van der Waals surface area contributed by atoms with Crippen molar-refractivity contribution >= 4 is 23.5 Å². The van der Waals surface area contributed by atoms with Crippen molar-refractivity contribution in [1.29, 1.82) is 0 Å². The zero-order valence-corrected chi connectivity index (χ0v) is 13.2. The average molecular weight is 329 g/mol. The van der Waals surface area contributed by atoms with Crippen LogP contribution in [0.1, 0.15) is 31.1 Å². The van der Waals surface area contributed by atoms with Gasteiger partial charge in [-0.15, -0.1) is 10.2 Å². The van der Waals surface area contributed by atoms with Gasteiger partial charge in [-0.05, 0) is 13.8 Å². The fourth-order valence-corrected chi connectivity index (χ4v) is 1.99. The van der Waals surface area contributed by atoms with Crippen molar-refractivity contribution in [3.8, 4) is 0 Å². The van der Waals surface area contributed by atoms with E-state index in [1.54, 1.807) is 12.1 Å². The highest BCUT2D eigenvalue weighted by atomic mass is 16.6. The first-order valence-corrected chi connectivity index (χ1v) is 7.07. The minimum Gasteiger partial charge on any atom is -0.300 e. The number of Topliss-reactive ketones (excluding diaryl/α,β-unsaturated/α-hetero) is 2. The molecule has 0 aliphatic carbocycles. The molecule has 0 unspecified atom stereocenters. The first-order valence-electron chi connectivity index (χ1n) is 7.07. The molecule has 0 saturated heterocycles. The van der Waals surface area contributed by atoms with Crippen LogP contribution in [0.2, 0.25) is 0 Å². The number of carbonyl (C=O) groups is 2. The van der Waals surface area contributed by atoms with Crippen LogP contribution in [0.4, 0.5) is 5.69 Å². The molecule has 0 fully saturated rings. The SMILES string of the molecule is CC(=O)Cc1nnc(CC(C)=O)n1N=Cc1cccc([N+](=O)[O-])c1. The van der Waals surface area contributed by atoms with Crippen LogP contribution in [0, 0.1) is 10.1 Å². The van der Waals surface area contributed by atoms with E-state index in [1.165, 1.54) is 36.9 Å². The van der Waals surface area contributed by atoms with Crippen molar-refractivity contribution in [3.63, 3.8) is 0 Å². The number of hydrogen-bond acceptors (Lipinski definition) is 7. The van der Waals surface area contributed by atoms with Crippen LogP contribution < -0.4 is 0 Å². The van der Waals surface area contributed by atoms with Crippen LogP contribution in [0.15, 0.2) is 29.4 Å². The van der Waals surface area contributed by atoms with Crippen molar-refractivity contribution in [2.24, 2.45) is 5.10 Å². The van der Waals surface area contributed by atoms with E-state index in [4.69, 9.17) is 0 Å². The van der Waals surface area contributed by atoms with Crippen LogP contribution in [-0.4, -0.2) is 37.6 Å². The van der Waals surface area contributed by atoms with Crippen LogP contribution in [0.5, 0.6) is 0 Å². The molecule has 24 heavy (non-hydrogen) atoms. The molecule has 0 saturated carbocycles. The van der Waals surface area contributed by atoms with Gasteiger partial charge in [0.25, 0.3) is 5.69 Å². The van der Waals surface area contributed by atoms with Gasteiger partial charge in [0.2, 0.25) is 0 Å². The molecule has 2 aromatic rings. The Balaban J connectivity index is 2.37. The minimum atomic E-state index is -0.502. The first kappa shape index (κ1) is 17.1. The van der Waals surface area contributed by atoms with E-state index >= 15 is 0 Å². The Morgan fingerprint density at radius 3 is 2.29 bits per heavy atom. The number of non-ortho nitro benzene ring substituents is 1. The largest absolute Gasteiger partial charge is 0.300 e. The Bertz CT molecular complexity index is 792. The molecule has 1 aromatic carbocycles. The topological polar surface area (TPSA) is 120 Å². The van der Waals surface area contributed by atoms with Gasteiger partial charge < -0.3 is 0 Å². The molecule has 9 heteroatoms. The van der Waals surface area contributed by atoms with Crippen LogP contribution >= 0.6 is 0 Å². The number of carbonyl (C=O) groups excluding carboxylic acids is 2. The lowest BCUT2D eigenvalue weighted by atomic mass is 10.2. The Kier molecular flexibility index (Phi) is 5.25. The second-order valence-electron chi connectivity index (χ2n) is 5.20. The van der Waals surface area contributed by atoms with Gasteiger partial charge in [0.1, 0.15) is 11.6 Å². The minimum absolute atomic E-state index is 0.0250. The molecule has 124 valence electrons. The lowest BCUT2D eigenvalue weighted by Crippen LogP contribution is -2.09. The monoisotopic (exact) mass is 329 g/mol. The predicted molar refractivity (Wildman–Crippen MR) is 84.9 cm³/mol. The average Bonchev–Trinajstić information content (AvgIpc) is 2.85. The molecule has 2 rings (SSSR count). The Morgan fingerprint density at radius 1 is 1.21 bits per heavy atom. The zero-order chi connectivity index (χ0) is 17.7. The van der Waals surface area contributed by atoms with Gasteiger partial charge in [-0.3, -0.25) is 19.7 Å². The normalized spacial score (nSPS) is 10.9. The van der Waals surface area contributed by atoms with E-state index in [0.29, 0.717) is 17.2 Å². The van der Waals surface area contributed by atoms with Crippen LogP contribution in [-0.2, 0) is 22.4 Å². The molecular weight excluding hydrogens is 314 g/mol. The predicted octanol–water partition coefficient (Wildman–Crippen LogP) is 1.33. The molecule has 0 bridgehead atoms. The van der Waals surface area contributed by atoms with Gasteiger partial charge in [0.05, 0.1) is 24.0 Å². The summed E-state index contributed by atoms with van der Waals surface area (Å²) in [5.74, 6) is 0.369. The van der Waals surface area contributed by atoms with E-state index in [-0.39, 0.29) is 30.1 Å². The standard InChI is InChI=1S/C15H15N5O4/c1-10(21)6-14-17-18-15(7-11(2)22)19(14)16-9-12-4-3-5-13(8-12)20(23)24/h3-5,8-9H,6-7H2,1-2H3. The third kappa shape index (κ3) is 4.38. The number of nitrogens with zero attached hydrogens (tertiary/aromatic N) is 5. The highest BCUT2D eigenvalue weighted by Gasteiger charge is 2.14. The second-order valence-corrected chi connectivity index (χ2v) is 5.20. The second kappa shape index (κ2) is 7.36. The lowest BCUT2D eigenvalue weighted by Gasteiger charge is -2.02. The summed E-state index contributed by atoms with van der Waals surface area (Å²) in [7, 11) is 0. The van der Waals surface area contributed by atoms with Crippen molar-refractivity contribution in [3.05, 3.63) is 51.6 Å². The van der Waals surface area contributed by atoms with Gasteiger partial charge >= 0.3 is 0 Å². The zero-order valence-electron chi connectivity index (χ0n) is 13.2. The summed E-state index contributed by atoms with van der Waals surface area (Å²) < 4.78 is 1.32. The summed E-state index contributed by atoms with van der Waals surface area (Å²) in [6, 6.07) is 5.93. The summed E-state index contributed by atoms with van der Waals surface area (Å²) in [4.78, 5) is 32.9. The number of nitro benzene ring substituents is 1.